The molecular formula is C13H19N3. The topological polar surface area (TPSA) is 50.4 Å². The van der Waals surface area contributed by atoms with Crippen molar-refractivity contribution in [3.63, 3.8) is 0 Å². The van der Waals surface area contributed by atoms with Crippen LogP contribution in [-0.4, -0.2) is 12.5 Å². The lowest BCUT2D eigenvalue weighted by atomic mass is 10.1. The number of rotatable bonds is 3. The van der Waals surface area contributed by atoms with Crippen LogP contribution in [0.5, 0.6) is 0 Å². The Morgan fingerprint density at radius 3 is 2.62 bits per heavy atom. The van der Waals surface area contributed by atoms with Gasteiger partial charge in [0.1, 0.15) is 0 Å². The maximum Gasteiger partial charge on any atom is 0.193 e. The Labute approximate surface area is 97.1 Å². The van der Waals surface area contributed by atoms with Gasteiger partial charge in [0.25, 0.3) is 0 Å². The zero-order valence-corrected chi connectivity index (χ0v) is 10.2. The molecule has 16 heavy (non-hydrogen) atoms. The second kappa shape index (κ2) is 5.35. The molecule has 0 spiro atoms. The predicted molar refractivity (Wildman–Crippen MR) is 70.8 cm³/mol. The average molecular weight is 217 g/mol. The molecule has 0 amide bonds. The normalized spacial score (nSPS) is 11.3. The lowest BCUT2D eigenvalue weighted by Gasteiger charge is -2.08. The summed E-state index contributed by atoms with van der Waals surface area (Å²) < 4.78 is 0. The highest BCUT2D eigenvalue weighted by molar-refractivity contribution is 5.92. The molecule has 0 aromatic heterocycles. The van der Waals surface area contributed by atoms with Crippen molar-refractivity contribution in [1.82, 2.24) is 0 Å². The predicted octanol–water partition coefficient (Wildman–Crippen LogP) is 2.61. The molecule has 1 aromatic rings. The first kappa shape index (κ1) is 12.3. The van der Waals surface area contributed by atoms with Crippen LogP contribution in [0.2, 0.25) is 0 Å². The first-order chi connectivity index (χ1) is 7.49. The molecule has 86 valence electrons. The van der Waals surface area contributed by atoms with E-state index in [-0.39, 0.29) is 0 Å². The van der Waals surface area contributed by atoms with Crippen LogP contribution in [0.1, 0.15) is 18.1 Å². The molecule has 0 aliphatic heterocycles. The monoisotopic (exact) mass is 217 g/mol. The van der Waals surface area contributed by atoms with Crippen LogP contribution in [0.3, 0.4) is 0 Å². The molecule has 3 nitrogen and oxygen atoms in total. The van der Waals surface area contributed by atoms with Crippen LogP contribution in [0.25, 0.3) is 0 Å². The number of hydrogen-bond acceptors (Lipinski definition) is 1. The van der Waals surface area contributed by atoms with Gasteiger partial charge >= 0.3 is 0 Å². The van der Waals surface area contributed by atoms with Crippen LogP contribution in [0.15, 0.2) is 35.3 Å². The highest BCUT2D eigenvalue weighted by Gasteiger charge is 1.97. The van der Waals surface area contributed by atoms with Gasteiger partial charge in [0, 0.05) is 5.69 Å². The van der Waals surface area contributed by atoms with Gasteiger partial charge in [0.2, 0.25) is 0 Å². The molecule has 0 bridgehead atoms. The number of nitrogens with one attached hydrogen (secondary N) is 1. The first-order valence-corrected chi connectivity index (χ1v) is 5.27. The summed E-state index contributed by atoms with van der Waals surface area (Å²) in [6.45, 7) is 10.4. The van der Waals surface area contributed by atoms with Crippen LogP contribution in [-0.2, 0) is 0 Å². The lowest BCUT2D eigenvalue weighted by Crippen LogP contribution is -2.23. The highest BCUT2D eigenvalue weighted by Crippen LogP contribution is 2.13. The third kappa shape index (κ3) is 3.77. The molecule has 3 N–H and O–H groups in total. The fourth-order valence-corrected chi connectivity index (χ4v) is 1.23. The SMILES string of the molecule is C=C(C)CN=C(N)Nc1ccc(C)c(C)c1. The van der Waals surface area contributed by atoms with Crippen molar-refractivity contribution in [1.29, 1.82) is 0 Å². The van der Waals surface area contributed by atoms with Gasteiger partial charge in [-0.25, -0.2) is 4.99 Å². The number of aryl methyl sites for hydroxylation is 2. The summed E-state index contributed by atoms with van der Waals surface area (Å²) in [6.07, 6.45) is 0. The Morgan fingerprint density at radius 1 is 1.38 bits per heavy atom. The zero-order valence-electron chi connectivity index (χ0n) is 10.2. The van der Waals surface area contributed by atoms with Gasteiger partial charge < -0.3 is 11.1 Å². The Kier molecular flexibility index (Phi) is 4.11. The second-order valence-corrected chi connectivity index (χ2v) is 4.08. The number of nitrogens with two attached hydrogens (primary N) is 1. The number of anilines is 1. The van der Waals surface area contributed by atoms with Crippen molar-refractivity contribution >= 4 is 11.6 Å². The molecule has 0 radical (unpaired) electrons. The lowest BCUT2D eigenvalue weighted by molar-refractivity contribution is 1.13. The van der Waals surface area contributed by atoms with E-state index in [0.717, 1.165) is 11.3 Å². The molecule has 1 aromatic carbocycles. The maximum absolute atomic E-state index is 5.74. The van der Waals surface area contributed by atoms with E-state index in [2.05, 4.69) is 42.9 Å². The number of guanidine groups is 1. The number of aliphatic imine (C=N–C) groups is 1. The number of nitrogens with zero attached hydrogens (tertiary/aromatic N) is 1. The molecule has 0 atom stereocenters. The van der Waals surface area contributed by atoms with E-state index in [0.29, 0.717) is 12.5 Å². The van der Waals surface area contributed by atoms with Crippen LogP contribution < -0.4 is 11.1 Å². The van der Waals surface area contributed by atoms with E-state index < -0.39 is 0 Å². The Hall–Kier alpha value is -1.77. The van der Waals surface area contributed by atoms with Crippen molar-refractivity contribution in [3.8, 4) is 0 Å². The molecule has 1 rings (SSSR count). The van der Waals surface area contributed by atoms with Gasteiger partial charge in [0.05, 0.1) is 6.54 Å². The summed E-state index contributed by atoms with van der Waals surface area (Å²) in [5.74, 6) is 0.422. The summed E-state index contributed by atoms with van der Waals surface area (Å²) in [5, 5.41) is 3.05. The smallest absolute Gasteiger partial charge is 0.193 e. The van der Waals surface area contributed by atoms with Gasteiger partial charge in [-0.3, -0.25) is 0 Å². The van der Waals surface area contributed by atoms with E-state index in [4.69, 9.17) is 5.73 Å². The zero-order chi connectivity index (χ0) is 12.1. The quantitative estimate of drug-likeness (QED) is 0.464. The minimum Gasteiger partial charge on any atom is -0.370 e. The van der Waals surface area contributed by atoms with Crippen molar-refractivity contribution in [2.75, 3.05) is 11.9 Å². The van der Waals surface area contributed by atoms with Gasteiger partial charge in [-0.15, -0.1) is 0 Å². The molecule has 0 fully saturated rings. The van der Waals surface area contributed by atoms with Crippen LogP contribution in [0.4, 0.5) is 5.69 Å². The summed E-state index contributed by atoms with van der Waals surface area (Å²) in [7, 11) is 0. The van der Waals surface area contributed by atoms with Gasteiger partial charge in [-0.05, 0) is 44.0 Å². The minimum atomic E-state index is 0.422. The summed E-state index contributed by atoms with van der Waals surface area (Å²) in [6, 6.07) is 6.10. The Bertz CT molecular complexity index is 419. The summed E-state index contributed by atoms with van der Waals surface area (Å²) >= 11 is 0. The third-order valence-electron chi connectivity index (χ3n) is 2.30. The molecule has 0 saturated carbocycles. The number of hydrogen-bond donors (Lipinski definition) is 2. The van der Waals surface area contributed by atoms with E-state index in [1.165, 1.54) is 11.1 Å². The van der Waals surface area contributed by atoms with E-state index in [1.54, 1.807) is 0 Å². The Balaban J connectivity index is 2.69. The molecule has 0 aliphatic rings. The molecule has 0 aliphatic carbocycles. The van der Waals surface area contributed by atoms with Crippen molar-refractivity contribution in [2.45, 2.75) is 20.8 Å². The fraction of sp³-hybridized carbons (Fsp3) is 0.308. The summed E-state index contributed by atoms with van der Waals surface area (Å²) in [4.78, 5) is 4.15. The molecule has 0 saturated heterocycles. The molecule has 0 unspecified atom stereocenters. The molecule has 3 heteroatoms. The van der Waals surface area contributed by atoms with E-state index in [1.807, 2.05) is 13.0 Å². The standard InChI is InChI=1S/C13H19N3/c1-9(2)8-15-13(14)16-12-6-5-10(3)11(4)7-12/h5-7H,1,8H2,2-4H3,(H3,14,15,16). The van der Waals surface area contributed by atoms with E-state index >= 15 is 0 Å². The molecular weight excluding hydrogens is 198 g/mol. The van der Waals surface area contributed by atoms with Gasteiger partial charge in [-0.1, -0.05) is 18.2 Å². The van der Waals surface area contributed by atoms with Gasteiger partial charge in [-0.2, -0.15) is 0 Å². The van der Waals surface area contributed by atoms with E-state index in [9.17, 15) is 0 Å². The van der Waals surface area contributed by atoms with Crippen molar-refractivity contribution in [3.05, 3.63) is 41.5 Å². The van der Waals surface area contributed by atoms with Crippen molar-refractivity contribution in [2.24, 2.45) is 10.7 Å². The second-order valence-electron chi connectivity index (χ2n) is 4.08. The largest absolute Gasteiger partial charge is 0.370 e. The average Bonchev–Trinajstić information content (AvgIpc) is 2.21. The number of benzene rings is 1. The third-order valence-corrected chi connectivity index (χ3v) is 2.30. The summed E-state index contributed by atoms with van der Waals surface area (Å²) in [5.41, 5.74) is 10.2. The fourth-order valence-electron chi connectivity index (χ4n) is 1.23. The highest BCUT2D eigenvalue weighted by atomic mass is 15.1. The van der Waals surface area contributed by atoms with Crippen LogP contribution in [0, 0.1) is 13.8 Å². The molecule has 0 heterocycles. The first-order valence-electron chi connectivity index (χ1n) is 5.27. The minimum absolute atomic E-state index is 0.422. The Morgan fingerprint density at radius 2 is 2.06 bits per heavy atom. The van der Waals surface area contributed by atoms with Crippen LogP contribution >= 0.6 is 0 Å². The van der Waals surface area contributed by atoms with Crippen molar-refractivity contribution < 1.29 is 0 Å². The van der Waals surface area contributed by atoms with Gasteiger partial charge in [0.15, 0.2) is 5.96 Å². The maximum atomic E-state index is 5.74.